The van der Waals surface area contributed by atoms with Gasteiger partial charge < -0.3 is 20.8 Å². The first kappa shape index (κ1) is 11.9. The maximum atomic E-state index is 11.5. The molecule has 1 fully saturated rings. The number of carboxylic acid groups (broad SMARTS) is 1. The topological polar surface area (TPSA) is 98.7 Å². The van der Waals surface area contributed by atoms with Crippen LogP contribution in [-0.2, 0) is 9.59 Å². The zero-order valence-electron chi connectivity index (χ0n) is 8.56. The minimum Gasteiger partial charge on any atom is -0.480 e. The molecule has 0 aromatic rings. The fourth-order valence-electron chi connectivity index (χ4n) is 1.55. The number of hydrogen-bond donors (Lipinski definition) is 4. The number of aliphatic carboxylic acids is 1. The van der Waals surface area contributed by atoms with Crippen LogP contribution in [0.2, 0.25) is 0 Å². The zero-order valence-corrected chi connectivity index (χ0v) is 8.56. The summed E-state index contributed by atoms with van der Waals surface area (Å²) in [6.07, 6.45) is 0.510. The molecular weight excluding hydrogens is 200 g/mol. The number of aliphatic hydroxyl groups excluding tert-OH is 1. The highest BCUT2D eigenvalue weighted by molar-refractivity contribution is 5.87. The smallest absolute Gasteiger partial charge is 0.328 e. The van der Waals surface area contributed by atoms with Gasteiger partial charge in [-0.25, -0.2) is 4.79 Å². The van der Waals surface area contributed by atoms with Crippen molar-refractivity contribution in [2.24, 2.45) is 0 Å². The number of carboxylic acids is 1. The van der Waals surface area contributed by atoms with Crippen LogP contribution < -0.4 is 10.6 Å². The monoisotopic (exact) mass is 216 g/mol. The molecule has 86 valence electrons. The van der Waals surface area contributed by atoms with Gasteiger partial charge in [0.25, 0.3) is 0 Å². The van der Waals surface area contributed by atoms with E-state index in [1.54, 1.807) is 0 Å². The van der Waals surface area contributed by atoms with Crippen LogP contribution in [-0.4, -0.2) is 46.8 Å². The average Bonchev–Trinajstić information content (AvgIpc) is 2.65. The lowest BCUT2D eigenvalue weighted by Crippen LogP contribution is -2.52. The molecule has 3 atom stereocenters. The highest BCUT2D eigenvalue weighted by Crippen LogP contribution is 2.05. The van der Waals surface area contributed by atoms with Crippen molar-refractivity contribution < 1.29 is 19.8 Å². The molecule has 1 amide bonds. The van der Waals surface area contributed by atoms with E-state index >= 15 is 0 Å². The molecule has 4 N–H and O–H groups in total. The van der Waals surface area contributed by atoms with Crippen molar-refractivity contribution in [3.8, 4) is 0 Å². The first-order chi connectivity index (χ1) is 7.02. The Morgan fingerprint density at radius 3 is 2.60 bits per heavy atom. The standard InChI is InChI=1S/C9H16N2O4/c1-5(12)7(9(14)15)11-8(13)6-3-2-4-10-6/h5-7,10,12H,2-4H2,1H3,(H,11,13)(H,14,15)/t5?,6-,7-/m0/s1. The lowest BCUT2D eigenvalue weighted by Gasteiger charge is -2.19. The van der Waals surface area contributed by atoms with Crippen molar-refractivity contribution >= 4 is 11.9 Å². The van der Waals surface area contributed by atoms with Crippen LogP contribution in [0.4, 0.5) is 0 Å². The maximum absolute atomic E-state index is 11.5. The molecular formula is C9H16N2O4. The molecule has 1 unspecified atom stereocenters. The summed E-state index contributed by atoms with van der Waals surface area (Å²) < 4.78 is 0. The maximum Gasteiger partial charge on any atom is 0.328 e. The van der Waals surface area contributed by atoms with E-state index in [1.807, 2.05) is 0 Å². The molecule has 0 aromatic heterocycles. The Labute approximate surface area is 87.7 Å². The van der Waals surface area contributed by atoms with Crippen molar-refractivity contribution in [1.29, 1.82) is 0 Å². The van der Waals surface area contributed by atoms with E-state index in [0.717, 1.165) is 13.0 Å². The second-order valence-electron chi connectivity index (χ2n) is 3.71. The predicted molar refractivity (Wildman–Crippen MR) is 52.3 cm³/mol. The Morgan fingerprint density at radius 1 is 1.53 bits per heavy atom. The van der Waals surface area contributed by atoms with Crippen molar-refractivity contribution in [2.75, 3.05) is 6.54 Å². The van der Waals surface area contributed by atoms with Gasteiger partial charge in [0.2, 0.25) is 5.91 Å². The second kappa shape index (κ2) is 5.09. The van der Waals surface area contributed by atoms with Crippen LogP contribution >= 0.6 is 0 Å². The molecule has 1 aliphatic heterocycles. The van der Waals surface area contributed by atoms with Crippen molar-refractivity contribution in [3.05, 3.63) is 0 Å². The van der Waals surface area contributed by atoms with Crippen LogP contribution in [0.1, 0.15) is 19.8 Å². The van der Waals surface area contributed by atoms with Crippen molar-refractivity contribution in [1.82, 2.24) is 10.6 Å². The van der Waals surface area contributed by atoms with Gasteiger partial charge in [-0.1, -0.05) is 0 Å². The van der Waals surface area contributed by atoms with Crippen LogP contribution in [0.5, 0.6) is 0 Å². The summed E-state index contributed by atoms with van der Waals surface area (Å²) in [6.45, 7) is 2.10. The molecule has 0 saturated carbocycles. The summed E-state index contributed by atoms with van der Waals surface area (Å²) in [6, 6.07) is -1.56. The summed E-state index contributed by atoms with van der Waals surface area (Å²) in [5.74, 6) is -1.59. The molecule has 6 nitrogen and oxygen atoms in total. The molecule has 0 aromatic carbocycles. The molecule has 6 heteroatoms. The number of amides is 1. The van der Waals surface area contributed by atoms with Gasteiger partial charge >= 0.3 is 5.97 Å². The second-order valence-corrected chi connectivity index (χ2v) is 3.71. The summed E-state index contributed by atoms with van der Waals surface area (Å²) in [5.41, 5.74) is 0. The first-order valence-electron chi connectivity index (χ1n) is 4.97. The molecule has 0 radical (unpaired) electrons. The predicted octanol–water partition coefficient (Wildman–Crippen LogP) is -1.31. The third-order valence-corrected chi connectivity index (χ3v) is 2.42. The SMILES string of the molecule is CC(O)[C@H](NC(=O)[C@@H]1CCCN1)C(=O)O. The average molecular weight is 216 g/mol. The lowest BCUT2D eigenvalue weighted by molar-refractivity contribution is -0.145. The van der Waals surface area contributed by atoms with Gasteiger partial charge in [-0.2, -0.15) is 0 Å². The van der Waals surface area contributed by atoms with Gasteiger partial charge in [0.1, 0.15) is 0 Å². The van der Waals surface area contributed by atoms with E-state index in [4.69, 9.17) is 10.2 Å². The molecule has 1 rings (SSSR count). The summed E-state index contributed by atoms with van der Waals surface area (Å²) in [7, 11) is 0. The Kier molecular flexibility index (Phi) is 4.05. The quantitative estimate of drug-likeness (QED) is 0.467. The van der Waals surface area contributed by atoms with E-state index in [1.165, 1.54) is 6.92 Å². The first-order valence-corrected chi connectivity index (χ1v) is 4.97. The lowest BCUT2D eigenvalue weighted by atomic mass is 10.1. The van der Waals surface area contributed by atoms with Crippen molar-refractivity contribution in [2.45, 2.75) is 38.0 Å². The molecule has 0 spiro atoms. The highest BCUT2D eigenvalue weighted by atomic mass is 16.4. The number of carbonyl (C=O) groups is 2. The molecule has 1 heterocycles. The van der Waals surface area contributed by atoms with Crippen LogP contribution in [0.15, 0.2) is 0 Å². The number of carbonyl (C=O) groups excluding carboxylic acids is 1. The Hall–Kier alpha value is -1.14. The molecule has 0 aliphatic carbocycles. The number of nitrogens with one attached hydrogen (secondary N) is 2. The molecule has 15 heavy (non-hydrogen) atoms. The molecule has 0 bridgehead atoms. The van der Waals surface area contributed by atoms with Crippen LogP contribution in [0.3, 0.4) is 0 Å². The van der Waals surface area contributed by atoms with E-state index in [0.29, 0.717) is 6.42 Å². The number of aliphatic hydroxyl groups is 1. The largest absolute Gasteiger partial charge is 0.480 e. The summed E-state index contributed by atoms with van der Waals surface area (Å²) in [5, 5.41) is 23.2. The van der Waals surface area contributed by atoms with Gasteiger partial charge in [-0.05, 0) is 26.3 Å². The molecule has 1 aliphatic rings. The van der Waals surface area contributed by atoms with Gasteiger partial charge in [0.05, 0.1) is 12.1 Å². The Morgan fingerprint density at radius 2 is 2.20 bits per heavy atom. The van der Waals surface area contributed by atoms with E-state index in [2.05, 4.69) is 10.6 Å². The summed E-state index contributed by atoms with van der Waals surface area (Å²) in [4.78, 5) is 22.2. The zero-order chi connectivity index (χ0) is 11.4. The van der Waals surface area contributed by atoms with Crippen LogP contribution in [0, 0.1) is 0 Å². The van der Waals surface area contributed by atoms with Crippen LogP contribution in [0.25, 0.3) is 0 Å². The number of rotatable bonds is 4. The third-order valence-electron chi connectivity index (χ3n) is 2.42. The third kappa shape index (κ3) is 3.17. The fourth-order valence-corrected chi connectivity index (χ4v) is 1.55. The van der Waals surface area contributed by atoms with Gasteiger partial charge in [0.15, 0.2) is 6.04 Å². The number of hydrogen-bond acceptors (Lipinski definition) is 4. The molecule has 1 saturated heterocycles. The fraction of sp³-hybridized carbons (Fsp3) is 0.778. The Bertz CT molecular complexity index is 248. The summed E-state index contributed by atoms with van der Waals surface area (Å²) >= 11 is 0. The van der Waals surface area contributed by atoms with E-state index in [-0.39, 0.29) is 11.9 Å². The minimum absolute atomic E-state index is 0.328. The normalized spacial score (nSPS) is 24.5. The van der Waals surface area contributed by atoms with Gasteiger partial charge in [0, 0.05) is 0 Å². The minimum atomic E-state index is -1.24. The van der Waals surface area contributed by atoms with E-state index in [9.17, 15) is 9.59 Å². The van der Waals surface area contributed by atoms with Gasteiger partial charge in [-0.15, -0.1) is 0 Å². The highest BCUT2D eigenvalue weighted by Gasteiger charge is 2.29. The Balaban J connectivity index is 2.50. The van der Waals surface area contributed by atoms with Crippen molar-refractivity contribution in [3.63, 3.8) is 0 Å². The van der Waals surface area contributed by atoms with E-state index < -0.39 is 18.1 Å². The van der Waals surface area contributed by atoms with Gasteiger partial charge in [-0.3, -0.25) is 4.79 Å².